The SMILES string of the molecule is COc1ccc(CCNC(=O)CN2CCC[C@@H](C(N)=O)C2)cc1OC. The highest BCUT2D eigenvalue weighted by atomic mass is 16.5. The average Bonchev–Trinajstić information content (AvgIpc) is 2.61. The van der Waals surface area contributed by atoms with Gasteiger partial charge < -0.3 is 20.5 Å². The Kier molecular flexibility index (Phi) is 7.06. The lowest BCUT2D eigenvalue weighted by Crippen LogP contribution is -2.45. The second kappa shape index (κ2) is 9.27. The third kappa shape index (κ3) is 5.63. The maximum Gasteiger partial charge on any atom is 0.234 e. The van der Waals surface area contributed by atoms with Crippen LogP contribution in [0.5, 0.6) is 11.5 Å². The van der Waals surface area contributed by atoms with Gasteiger partial charge in [0, 0.05) is 13.1 Å². The zero-order chi connectivity index (χ0) is 18.2. The van der Waals surface area contributed by atoms with Crippen LogP contribution in [-0.4, -0.2) is 57.1 Å². The van der Waals surface area contributed by atoms with Gasteiger partial charge in [-0.05, 0) is 43.5 Å². The third-order valence-corrected chi connectivity index (χ3v) is 4.46. The lowest BCUT2D eigenvalue weighted by atomic mass is 9.97. The Balaban J connectivity index is 1.76. The predicted octanol–water partition coefficient (Wildman–Crippen LogP) is 0.560. The van der Waals surface area contributed by atoms with Gasteiger partial charge in [-0.25, -0.2) is 0 Å². The van der Waals surface area contributed by atoms with Gasteiger partial charge >= 0.3 is 0 Å². The molecular weight excluding hydrogens is 322 g/mol. The number of piperidine rings is 1. The fourth-order valence-corrected chi connectivity index (χ4v) is 3.07. The fraction of sp³-hybridized carbons (Fsp3) is 0.556. The van der Waals surface area contributed by atoms with Gasteiger partial charge in [0.05, 0.1) is 26.7 Å². The molecule has 1 aromatic carbocycles. The van der Waals surface area contributed by atoms with Crippen LogP contribution < -0.4 is 20.5 Å². The summed E-state index contributed by atoms with van der Waals surface area (Å²) < 4.78 is 10.5. The number of nitrogens with two attached hydrogens (primary N) is 1. The second-order valence-corrected chi connectivity index (χ2v) is 6.27. The monoisotopic (exact) mass is 349 g/mol. The van der Waals surface area contributed by atoms with E-state index >= 15 is 0 Å². The predicted molar refractivity (Wildman–Crippen MR) is 94.6 cm³/mol. The van der Waals surface area contributed by atoms with Crippen LogP contribution in [0.2, 0.25) is 0 Å². The highest BCUT2D eigenvalue weighted by Crippen LogP contribution is 2.27. The number of primary amides is 1. The summed E-state index contributed by atoms with van der Waals surface area (Å²) in [6, 6.07) is 5.72. The Morgan fingerprint density at radius 2 is 2.04 bits per heavy atom. The highest BCUT2D eigenvalue weighted by Gasteiger charge is 2.24. The molecule has 0 aliphatic carbocycles. The van der Waals surface area contributed by atoms with Crippen molar-refractivity contribution in [2.45, 2.75) is 19.3 Å². The number of methoxy groups -OCH3 is 2. The van der Waals surface area contributed by atoms with E-state index in [-0.39, 0.29) is 17.7 Å². The summed E-state index contributed by atoms with van der Waals surface area (Å²) in [5.74, 6) is 0.902. The minimum atomic E-state index is -0.279. The molecule has 0 spiro atoms. The van der Waals surface area contributed by atoms with Crippen LogP contribution in [0, 0.1) is 5.92 Å². The van der Waals surface area contributed by atoms with Crippen molar-refractivity contribution in [3.05, 3.63) is 23.8 Å². The molecule has 0 radical (unpaired) electrons. The van der Waals surface area contributed by atoms with E-state index in [9.17, 15) is 9.59 Å². The lowest BCUT2D eigenvalue weighted by molar-refractivity contribution is -0.126. The molecule has 138 valence electrons. The molecule has 0 bridgehead atoms. The molecule has 2 amide bonds. The number of hydrogen-bond acceptors (Lipinski definition) is 5. The number of nitrogens with one attached hydrogen (secondary N) is 1. The quantitative estimate of drug-likeness (QED) is 0.715. The summed E-state index contributed by atoms with van der Waals surface area (Å²) in [6.07, 6.45) is 2.41. The molecule has 0 aromatic heterocycles. The van der Waals surface area contributed by atoms with E-state index in [4.69, 9.17) is 15.2 Å². The summed E-state index contributed by atoms with van der Waals surface area (Å²) in [7, 11) is 3.20. The van der Waals surface area contributed by atoms with Gasteiger partial charge in [-0.15, -0.1) is 0 Å². The number of carbonyl (C=O) groups is 2. The van der Waals surface area contributed by atoms with Gasteiger partial charge in [0.25, 0.3) is 0 Å². The zero-order valence-corrected chi connectivity index (χ0v) is 14.9. The van der Waals surface area contributed by atoms with Gasteiger partial charge in [0.1, 0.15) is 0 Å². The van der Waals surface area contributed by atoms with E-state index in [1.54, 1.807) is 14.2 Å². The molecule has 1 aliphatic rings. The molecule has 1 heterocycles. The van der Waals surface area contributed by atoms with Crippen molar-refractivity contribution in [1.29, 1.82) is 0 Å². The third-order valence-electron chi connectivity index (χ3n) is 4.46. The minimum Gasteiger partial charge on any atom is -0.493 e. The largest absolute Gasteiger partial charge is 0.493 e. The van der Waals surface area contributed by atoms with Gasteiger partial charge in [-0.3, -0.25) is 14.5 Å². The maximum atomic E-state index is 12.1. The topological polar surface area (TPSA) is 93.9 Å². The summed E-state index contributed by atoms with van der Waals surface area (Å²) in [4.78, 5) is 25.4. The van der Waals surface area contributed by atoms with E-state index < -0.39 is 0 Å². The van der Waals surface area contributed by atoms with Crippen molar-refractivity contribution in [3.8, 4) is 11.5 Å². The summed E-state index contributed by atoms with van der Waals surface area (Å²) in [6.45, 7) is 2.24. The normalized spacial score (nSPS) is 17.8. The number of ether oxygens (including phenoxy) is 2. The van der Waals surface area contributed by atoms with Crippen molar-refractivity contribution in [2.24, 2.45) is 11.7 Å². The number of hydrogen-bond donors (Lipinski definition) is 2. The first-order chi connectivity index (χ1) is 12.0. The van der Waals surface area contributed by atoms with E-state index in [1.807, 2.05) is 23.1 Å². The van der Waals surface area contributed by atoms with Gasteiger partial charge in [0.15, 0.2) is 11.5 Å². The second-order valence-electron chi connectivity index (χ2n) is 6.27. The molecule has 2 rings (SSSR count). The van der Waals surface area contributed by atoms with E-state index in [0.29, 0.717) is 37.6 Å². The average molecular weight is 349 g/mol. The van der Waals surface area contributed by atoms with Crippen LogP contribution in [0.15, 0.2) is 18.2 Å². The molecule has 1 atom stereocenters. The van der Waals surface area contributed by atoms with Gasteiger partial charge in [0.2, 0.25) is 11.8 Å². The minimum absolute atomic E-state index is 0.0365. The molecule has 0 saturated carbocycles. The summed E-state index contributed by atoms with van der Waals surface area (Å²) in [5.41, 5.74) is 6.42. The molecule has 1 fully saturated rings. The van der Waals surface area contributed by atoms with E-state index in [0.717, 1.165) is 24.9 Å². The van der Waals surface area contributed by atoms with Gasteiger partial charge in [-0.2, -0.15) is 0 Å². The summed E-state index contributed by atoms with van der Waals surface area (Å²) in [5, 5.41) is 2.92. The van der Waals surface area contributed by atoms with Crippen LogP contribution >= 0.6 is 0 Å². The Morgan fingerprint density at radius 3 is 2.72 bits per heavy atom. The molecule has 7 heteroatoms. The Bertz CT molecular complexity index is 606. The zero-order valence-electron chi connectivity index (χ0n) is 14.9. The van der Waals surface area contributed by atoms with Crippen molar-refractivity contribution in [3.63, 3.8) is 0 Å². The molecule has 3 N–H and O–H groups in total. The Morgan fingerprint density at radius 1 is 1.28 bits per heavy atom. The molecule has 1 aliphatic heterocycles. The van der Waals surface area contributed by atoms with Gasteiger partial charge in [-0.1, -0.05) is 6.07 Å². The number of nitrogens with zero attached hydrogens (tertiary/aromatic N) is 1. The van der Waals surface area contributed by atoms with E-state index in [1.165, 1.54) is 0 Å². The Labute approximate surface area is 148 Å². The van der Waals surface area contributed by atoms with Crippen LogP contribution in [0.1, 0.15) is 18.4 Å². The standard InChI is InChI=1S/C18H27N3O4/c1-24-15-6-5-13(10-16(15)25-2)7-8-20-17(22)12-21-9-3-4-14(11-21)18(19)23/h5-6,10,14H,3-4,7-9,11-12H2,1-2H3,(H2,19,23)(H,20,22)/t14-/m1/s1. The smallest absolute Gasteiger partial charge is 0.234 e. The van der Waals surface area contributed by atoms with Crippen LogP contribution in [-0.2, 0) is 16.0 Å². The number of rotatable bonds is 8. The number of benzene rings is 1. The first-order valence-electron chi connectivity index (χ1n) is 8.52. The van der Waals surface area contributed by atoms with Crippen molar-refractivity contribution >= 4 is 11.8 Å². The number of amides is 2. The fourth-order valence-electron chi connectivity index (χ4n) is 3.07. The first kappa shape index (κ1) is 19.1. The van der Waals surface area contributed by atoms with Crippen LogP contribution in [0.3, 0.4) is 0 Å². The van der Waals surface area contributed by atoms with Crippen molar-refractivity contribution < 1.29 is 19.1 Å². The Hall–Kier alpha value is -2.28. The molecule has 1 aromatic rings. The van der Waals surface area contributed by atoms with Crippen LogP contribution in [0.4, 0.5) is 0 Å². The molecular formula is C18H27N3O4. The highest BCUT2D eigenvalue weighted by molar-refractivity contribution is 5.79. The van der Waals surface area contributed by atoms with Crippen LogP contribution in [0.25, 0.3) is 0 Å². The van der Waals surface area contributed by atoms with Crippen molar-refractivity contribution in [1.82, 2.24) is 10.2 Å². The molecule has 25 heavy (non-hydrogen) atoms. The van der Waals surface area contributed by atoms with Crippen molar-refractivity contribution in [2.75, 3.05) is 40.4 Å². The van der Waals surface area contributed by atoms with E-state index in [2.05, 4.69) is 5.32 Å². The molecule has 1 saturated heterocycles. The molecule has 7 nitrogen and oxygen atoms in total. The maximum absolute atomic E-state index is 12.1. The first-order valence-corrected chi connectivity index (χ1v) is 8.52. The lowest BCUT2D eigenvalue weighted by Gasteiger charge is -2.30. The summed E-state index contributed by atoms with van der Waals surface area (Å²) >= 11 is 0. The molecule has 0 unspecified atom stereocenters. The number of carbonyl (C=O) groups excluding carboxylic acids is 2. The number of likely N-dealkylation sites (tertiary alicyclic amines) is 1.